The quantitative estimate of drug-likeness (QED) is 0.660. The van der Waals surface area contributed by atoms with Gasteiger partial charge in [0, 0.05) is 0 Å². The second-order valence-corrected chi connectivity index (χ2v) is 6.65. The molecule has 1 nitrogen and oxygen atoms in total. The van der Waals surface area contributed by atoms with Crippen LogP contribution in [0.3, 0.4) is 0 Å². The van der Waals surface area contributed by atoms with E-state index in [1.54, 1.807) is 0 Å². The molecule has 1 aliphatic rings. The summed E-state index contributed by atoms with van der Waals surface area (Å²) in [6, 6.07) is 2.64. The molecule has 1 aliphatic carbocycles. The van der Waals surface area contributed by atoms with Gasteiger partial charge in [0.25, 0.3) is 0 Å². The molecule has 0 N–H and O–H groups in total. The lowest BCUT2D eigenvalue weighted by molar-refractivity contribution is 0.122. The van der Waals surface area contributed by atoms with Gasteiger partial charge in [-0.1, -0.05) is 40.5 Å². The Labute approximate surface area is 101 Å². The minimum absolute atomic E-state index is 0.00407. The predicted octanol–water partition coefficient (Wildman–Crippen LogP) is 4.92. The normalized spacial score (nSPS) is 24.7. The number of nitriles is 1. The van der Waals surface area contributed by atoms with Crippen molar-refractivity contribution in [1.29, 1.82) is 5.26 Å². The molecule has 1 atom stereocenters. The SMILES string of the molecule is CCCC(C)CC1(C#N)CCC(C)(C)CC1. The monoisotopic (exact) mass is 221 g/mol. The van der Waals surface area contributed by atoms with E-state index in [0.717, 1.165) is 19.3 Å². The van der Waals surface area contributed by atoms with E-state index in [-0.39, 0.29) is 5.41 Å². The molecule has 0 aromatic rings. The minimum atomic E-state index is 0.00407. The van der Waals surface area contributed by atoms with E-state index in [1.807, 2.05) is 0 Å². The summed E-state index contributed by atoms with van der Waals surface area (Å²) in [6.45, 7) is 9.22. The van der Waals surface area contributed by atoms with Crippen LogP contribution >= 0.6 is 0 Å². The van der Waals surface area contributed by atoms with Crippen LogP contribution in [-0.4, -0.2) is 0 Å². The summed E-state index contributed by atoms with van der Waals surface area (Å²) in [6.07, 6.45) is 8.31. The van der Waals surface area contributed by atoms with Crippen LogP contribution < -0.4 is 0 Å². The van der Waals surface area contributed by atoms with Crippen molar-refractivity contribution in [2.45, 2.75) is 72.6 Å². The largest absolute Gasteiger partial charge is 0.198 e. The van der Waals surface area contributed by atoms with Crippen molar-refractivity contribution < 1.29 is 0 Å². The maximum Gasteiger partial charge on any atom is 0.0689 e. The van der Waals surface area contributed by atoms with Crippen molar-refractivity contribution in [2.24, 2.45) is 16.7 Å². The predicted molar refractivity (Wildman–Crippen MR) is 69.0 cm³/mol. The van der Waals surface area contributed by atoms with Gasteiger partial charge in [0.1, 0.15) is 0 Å². The van der Waals surface area contributed by atoms with E-state index in [0.29, 0.717) is 11.3 Å². The smallest absolute Gasteiger partial charge is 0.0689 e. The standard InChI is InChI=1S/C15H27N/c1-5-6-13(2)11-15(12-16)9-7-14(3,4)8-10-15/h13H,5-11H2,1-4H3. The average Bonchev–Trinajstić information content (AvgIpc) is 2.22. The van der Waals surface area contributed by atoms with E-state index >= 15 is 0 Å². The third-order valence-electron chi connectivity index (χ3n) is 4.32. The fourth-order valence-corrected chi connectivity index (χ4v) is 3.03. The fraction of sp³-hybridized carbons (Fsp3) is 0.933. The zero-order chi connectivity index (χ0) is 12.2. The minimum Gasteiger partial charge on any atom is -0.198 e. The highest BCUT2D eigenvalue weighted by Crippen LogP contribution is 2.48. The first kappa shape index (κ1) is 13.6. The highest BCUT2D eigenvalue weighted by Gasteiger charge is 2.39. The van der Waals surface area contributed by atoms with E-state index in [1.165, 1.54) is 25.7 Å². The second kappa shape index (κ2) is 5.21. The van der Waals surface area contributed by atoms with Crippen LogP contribution in [0.25, 0.3) is 0 Å². The van der Waals surface area contributed by atoms with Crippen molar-refractivity contribution in [3.8, 4) is 6.07 Å². The van der Waals surface area contributed by atoms with Crippen LogP contribution in [0.1, 0.15) is 72.6 Å². The van der Waals surface area contributed by atoms with Gasteiger partial charge in [-0.25, -0.2) is 0 Å². The lowest BCUT2D eigenvalue weighted by Crippen LogP contribution is -2.31. The third kappa shape index (κ3) is 3.51. The molecule has 0 radical (unpaired) electrons. The van der Waals surface area contributed by atoms with E-state index in [9.17, 15) is 5.26 Å². The zero-order valence-electron chi connectivity index (χ0n) is 11.5. The van der Waals surface area contributed by atoms with Gasteiger partial charge in [-0.05, 0) is 43.4 Å². The van der Waals surface area contributed by atoms with E-state index < -0.39 is 0 Å². The Hall–Kier alpha value is -0.510. The lowest BCUT2D eigenvalue weighted by Gasteiger charge is -2.40. The van der Waals surface area contributed by atoms with Crippen molar-refractivity contribution in [1.82, 2.24) is 0 Å². The highest BCUT2D eigenvalue weighted by atomic mass is 14.4. The highest BCUT2D eigenvalue weighted by molar-refractivity contribution is 5.03. The molecule has 0 bridgehead atoms. The van der Waals surface area contributed by atoms with Crippen molar-refractivity contribution >= 4 is 0 Å². The van der Waals surface area contributed by atoms with Gasteiger partial charge < -0.3 is 0 Å². The summed E-state index contributed by atoms with van der Waals surface area (Å²) in [4.78, 5) is 0. The molecule has 1 saturated carbocycles. The van der Waals surface area contributed by atoms with Gasteiger partial charge in [0.05, 0.1) is 11.5 Å². The summed E-state index contributed by atoms with van der Waals surface area (Å²) < 4.78 is 0. The van der Waals surface area contributed by atoms with Crippen LogP contribution in [-0.2, 0) is 0 Å². The van der Waals surface area contributed by atoms with Crippen molar-refractivity contribution in [3.05, 3.63) is 0 Å². The Kier molecular flexibility index (Phi) is 4.42. The van der Waals surface area contributed by atoms with Gasteiger partial charge in [0.15, 0.2) is 0 Å². The van der Waals surface area contributed by atoms with E-state index in [2.05, 4.69) is 33.8 Å². The van der Waals surface area contributed by atoms with Gasteiger partial charge in [-0.15, -0.1) is 0 Å². The van der Waals surface area contributed by atoms with Gasteiger partial charge in [0.2, 0.25) is 0 Å². The number of rotatable bonds is 4. The van der Waals surface area contributed by atoms with Crippen molar-refractivity contribution in [3.63, 3.8) is 0 Å². The number of nitrogens with zero attached hydrogens (tertiary/aromatic N) is 1. The molecule has 92 valence electrons. The maximum absolute atomic E-state index is 9.48. The van der Waals surface area contributed by atoms with Crippen LogP contribution in [0.5, 0.6) is 0 Å². The molecule has 1 unspecified atom stereocenters. The molecular weight excluding hydrogens is 194 g/mol. The molecule has 16 heavy (non-hydrogen) atoms. The van der Waals surface area contributed by atoms with Gasteiger partial charge >= 0.3 is 0 Å². The first-order chi connectivity index (χ1) is 7.43. The Bertz CT molecular complexity index is 249. The Balaban J connectivity index is 2.57. The molecule has 0 heterocycles. The van der Waals surface area contributed by atoms with Crippen LogP contribution in [0.2, 0.25) is 0 Å². The molecule has 1 rings (SSSR count). The van der Waals surface area contributed by atoms with Crippen molar-refractivity contribution in [2.75, 3.05) is 0 Å². The molecule has 1 fully saturated rings. The topological polar surface area (TPSA) is 23.8 Å². The Morgan fingerprint density at radius 1 is 1.19 bits per heavy atom. The average molecular weight is 221 g/mol. The molecule has 0 amide bonds. The van der Waals surface area contributed by atoms with Crippen LogP contribution in [0.15, 0.2) is 0 Å². The Morgan fingerprint density at radius 3 is 2.19 bits per heavy atom. The maximum atomic E-state index is 9.48. The first-order valence-electron chi connectivity index (χ1n) is 6.84. The molecule has 0 spiro atoms. The van der Waals surface area contributed by atoms with E-state index in [4.69, 9.17) is 0 Å². The summed E-state index contributed by atoms with van der Waals surface area (Å²) in [5, 5.41) is 9.48. The number of hydrogen-bond acceptors (Lipinski definition) is 1. The summed E-state index contributed by atoms with van der Waals surface area (Å²) in [7, 11) is 0. The molecule has 0 saturated heterocycles. The third-order valence-corrected chi connectivity index (χ3v) is 4.32. The summed E-state index contributed by atoms with van der Waals surface area (Å²) in [5.41, 5.74) is 0.471. The van der Waals surface area contributed by atoms with Crippen LogP contribution in [0.4, 0.5) is 0 Å². The number of hydrogen-bond donors (Lipinski definition) is 0. The second-order valence-electron chi connectivity index (χ2n) is 6.65. The Morgan fingerprint density at radius 2 is 1.75 bits per heavy atom. The summed E-state index contributed by atoms with van der Waals surface area (Å²) in [5.74, 6) is 0.714. The molecular formula is C15H27N. The van der Waals surface area contributed by atoms with Crippen LogP contribution in [0, 0.1) is 28.1 Å². The fourth-order valence-electron chi connectivity index (χ4n) is 3.03. The first-order valence-corrected chi connectivity index (χ1v) is 6.84. The molecule has 0 aliphatic heterocycles. The van der Waals surface area contributed by atoms with Gasteiger partial charge in [-0.2, -0.15) is 5.26 Å². The summed E-state index contributed by atoms with van der Waals surface area (Å²) >= 11 is 0. The molecule has 1 heteroatoms. The lowest BCUT2D eigenvalue weighted by atomic mass is 9.63. The zero-order valence-corrected chi connectivity index (χ0v) is 11.5. The molecule has 0 aromatic carbocycles. The van der Waals surface area contributed by atoms with Gasteiger partial charge in [-0.3, -0.25) is 0 Å². The molecule has 0 aromatic heterocycles.